The van der Waals surface area contributed by atoms with Gasteiger partial charge in [-0.05, 0) is 55.5 Å². The van der Waals surface area contributed by atoms with Crippen molar-refractivity contribution in [2.75, 3.05) is 49.0 Å². The van der Waals surface area contributed by atoms with Crippen LogP contribution in [0, 0.1) is 0 Å². The Hall–Kier alpha value is -2.82. The molecule has 0 saturated carbocycles. The van der Waals surface area contributed by atoms with Crippen molar-refractivity contribution in [1.82, 2.24) is 10.6 Å². The van der Waals surface area contributed by atoms with Gasteiger partial charge in [0.25, 0.3) is 15.9 Å². The summed E-state index contributed by atoms with van der Waals surface area (Å²) in [5.74, 6) is 0.0556. The number of aliphatic hydroxyl groups is 1. The van der Waals surface area contributed by atoms with E-state index in [1.807, 2.05) is 12.1 Å². The number of carbonyl (C=O) groups is 1. The summed E-state index contributed by atoms with van der Waals surface area (Å²) in [6.45, 7) is 5.11. The average molecular weight is 449 g/mol. The van der Waals surface area contributed by atoms with E-state index in [1.165, 1.54) is 6.92 Å². The summed E-state index contributed by atoms with van der Waals surface area (Å²) < 4.78 is 32.9. The topological polar surface area (TPSA) is 120 Å². The van der Waals surface area contributed by atoms with Crippen LogP contribution in [0.1, 0.15) is 17.3 Å². The number of hydrogen-bond donors (Lipinski definition) is 4. The second kappa shape index (κ2) is 10.5. The molecule has 3 rings (SSSR count). The molecule has 9 nitrogen and oxygen atoms in total. The largest absolute Gasteiger partial charge is 0.491 e. The van der Waals surface area contributed by atoms with Gasteiger partial charge in [-0.2, -0.15) is 0 Å². The molecular weight excluding hydrogens is 420 g/mol. The standard InChI is InChI=1S/C21H28N4O5S/c1-16(31(28,29)24-18-4-8-20(9-5-18)30-15-14-26)23-21(27)17-2-6-19(7-3-17)25-12-10-22-11-13-25/h2-9,16,22,24,26H,10-15H2,1H3,(H,23,27). The molecule has 0 spiro atoms. The zero-order valence-corrected chi connectivity index (χ0v) is 18.2. The highest BCUT2D eigenvalue weighted by Gasteiger charge is 2.23. The van der Waals surface area contributed by atoms with Crippen LogP contribution in [0.4, 0.5) is 11.4 Å². The van der Waals surface area contributed by atoms with Crippen LogP contribution < -0.4 is 25.0 Å². The zero-order valence-electron chi connectivity index (χ0n) is 17.4. The smallest absolute Gasteiger partial charge is 0.253 e. The number of piperazine rings is 1. The lowest BCUT2D eigenvalue weighted by atomic mass is 10.1. The number of hydrogen-bond acceptors (Lipinski definition) is 7. The van der Waals surface area contributed by atoms with Crippen molar-refractivity contribution < 1.29 is 23.1 Å². The highest BCUT2D eigenvalue weighted by molar-refractivity contribution is 7.93. The quantitative estimate of drug-likeness (QED) is 0.451. The summed E-state index contributed by atoms with van der Waals surface area (Å²) in [5.41, 5.74) is 1.77. The van der Waals surface area contributed by atoms with Gasteiger partial charge in [-0.25, -0.2) is 8.42 Å². The van der Waals surface area contributed by atoms with E-state index in [0.29, 0.717) is 17.0 Å². The zero-order chi connectivity index (χ0) is 22.3. The first kappa shape index (κ1) is 22.9. The number of sulfonamides is 1. The lowest BCUT2D eigenvalue weighted by Crippen LogP contribution is -2.43. The van der Waals surface area contributed by atoms with Gasteiger partial charge in [0.2, 0.25) is 0 Å². The molecule has 0 bridgehead atoms. The molecule has 0 aromatic heterocycles. The van der Waals surface area contributed by atoms with Gasteiger partial charge in [-0.15, -0.1) is 0 Å². The van der Waals surface area contributed by atoms with E-state index in [9.17, 15) is 13.2 Å². The second-order valence-electron chi connectivity index (χ2n) is 7.14. The minimum Gasteiger partial charge on any atom is -0.491 e. The number of nitrogens with zero attached hydrogens (tertiary/aromatic N) is 1. The van der Waals surface area contributed by atoms with Crippen LogP contribution in [0.15, 0.2) is 48.5 Å². The summed E-state index contributed by atoms with van der Waals surface area (Å²) in [6.07, 6.45) is 0. The van der Waals surface area contributed by atoms with Gasteiger partial charge in [-0.1, -0.05) is 0 Å². The van der Waals surface area contributed by atoms with Gasteiger partial charge in [0.1, 0.15) is 17.7 Å². The molecule has 31 heavy (non-hydrogen) atoms. The Labute approximate surface area is 182 Å². The fourth-order valence-corrected chi connectivity index (χ4v) is 4.03. The fraction of sp³-hybridized carbons (Fsp3) is 0.381. The van der Waals surface area contributed by atoms with E-state index in [0.717, 1.165) is 31.9 Å². The molecule has 1 amide bonds. The van der Waals surface area contributed by atoms with Crippen LogP contribution in [0.25, 0.3) is 0 Å². The highest BCUT2D eigenvalue weighted by Crippen LogP contribution is 2.18. The number of anilines is 2. The van der Waals surface area contributed by atoms with Crippen LogP contribution in [0.5, 0.6) is 5.75 Å². The molecular formula is C21H28N4O5S. The number of aliphatic hydroxyl groups excluding tert-OH is 1. The predicted octanol–water partition coefficient (Wildman–Crippen LogP) is 0.985. The molecule has 2 aromatic carbocycles. The number of benzene rings is 2. The second-order valence-corrected chi connectivity index (χ2v) is 9.14. The lowest BCUT2D eigenvalue weighted by molar-refractivity contribution is 0.0950. The summed E-state index contributed by atoms with van der Waals surface area (Å²) in [5, 5.41) is 13.5. The SMILES string of the molecule is CC(NC(=O)c1ccc(N2CCNCC2)cc1)S(=O)(=O)Nc1ccc(OCCO)cc1. The van der Waals surface area contributed by atoms with E-state index < -0.39 is 21.3 Å². The van der Waals surface area contributed by atoms with E-state index >= 15 is 0 Å². The molecule has 1 aliphatic rings. The Morgan fingerprint density at radius 1 is 1.13 bits per heavy atom. The number of ether oxygens (including phenoxy) is 1. The first-order valence-corrected chi connectivity index (χ1v) is 11.7. The molecule has 1 unspecified atom stereocenters. The molecule has 1 heterocycles. The van der Waals surface area contributed by atoms with Crippen molar-refractivity contribution in [2.45, 2.75) is 12.3 Å². The van der Waals surface area contributed by atoms with Gasteiger partial charge in [-0.3, -0.25) is 9.52 Å². The molecule has 1 atom stereocenters. The highest BCUT2D eigenvalue weighted by atomic mass is 32.2. The van der Waals surface area contributed by atoms with Crippen molar-refractivity contribution in [1.29, 1.82) is 0 Å². The maximum absolute atomic E-state index is 12.6. The van der Waals surface area contributed by atoms with Crippen LogP contribution in [-0.4, -0.2) is 64.2 Å². The minimum atomic E-state index is -3.85. The maximum Gasteiger partial charge on any atom is 0.253 e. The summed E-state index contributed by atoms with van der Waals surface area (Å²) in [7, 11) is -3.85. The number of rotatable bonds is 9. The first-order valence-electron chi connectivity index (χ1n) is 10.1. The predicted molar refractivity (Wildman–Crippen MR) is 120 cm³/mol. The van der Waals surface area contributed by atoms with Gasteiger partial charge in [0.05, 0.1) is 6.61 Å². The Kier molecular flexibility index (Phi) is 7.72. The molecule has 168 valence electrons. The van der Waals surface area contributed by atoms with Gasteiger partial charge >= 0.3 is 0 Å². The number of carbonyl (C=O) groups excluding carboxylic acids is 1. The molecule has 2 aromatic rings. The summed E-state index contributed by atoms with van der Waals surface area (Å²) in [4.78, 5) is 14.8. The average Bonchev–Trinajstić information content (AvgIpc) is 2.79. The van der Waals surface area contributed by atoms with Gasteiger partial charge < -0.3 is 25.4 Å². The van der Waals surface area contributed by atoms with E-state index in [1.54, 1.807) is 36.4 Å². The van der Waals surface area contributed by atoms with Crippen LogP contribution in [0.2, 0.25) is 0 Å². The molecule has 1 aliphatic heterocycles. The van der Waals surface area contributed by atoms with Gasteiger partial charge in [0, 0.05) is 43.1 Å². The molecule has 1 saturated heterocycles. The van der Waals surface area contributed by atoms with Crippen molar-refractivity contribution in [3.8, 4) is 5.75 Å². The third kappa shape index (κ3) is 6.33. The Morgan fingerprint density at radius 3 is 2.39 bits per heavy atom. The van der Waals surface area contributed by atoms with Crippen molar-refractivity contribution >= 4 is 27.3 Å². The van der Waals surface area contributed by atoms with Crippen molar-refractivity contribution in [3.63, 3.8) is 0 Å². The first-order chi connectivity index (χ1) is 14.9. The van der Waals surface area contributed by atoms with E-state index in [2.05, 4.69) is 20.3 Å². The van der Waals surface area contributed by atoms with Crippen LogP contribution in [0.3, 0.4) is 0 Å². The van der Waals surface area contributed by atoms with Crippen LogP contribution in [-0.2, 0) is 10.0 Å². The minimum absolute atomic E-state index is 0.107. The molecule has 4 N–H and O–H groups in total. The van der Waals surface area contributed by atoms with Crippen LogP contribution >= 0.6 is 0 Å². The Balaban J connectivity index is 1.57. The normalized spacial score (nSPS) is 15.2. The van der Waals surface area contributed by atoms with Gasteiger partial charge in [0.15, 0.2) is 0 Å². The van der Waals surface area contributed by atoms with E-state index in [-0.39, 0.29) is 13.2 Å². The monoisotopic (exact) mass is 448 g/mol. The number of nitrogens with one attached hydrogen (secondary N) is 3. The molecule has 0 aliphatic carbocycles. The lowest BCUT2D eigenvalue weighted by Gasteiger charge is -2.29. The third-order valence-electron chi connectivity index (χ3n) is 4.89. The van der Waals surface area contributed by atoms with Crippen molar-refractivity contribution in [3.05, 3.63) is 54.1 Å². The molecule has 1 fully saturated rings. The summed E-state index contributed by atoms with van der Waals surface area (Å²) >= 11 is 0. The molecule has 0 radical (unpaired) electrons. The van der Waals surface area contributed by atoms with Crippen molar-refractivity contribution in [2.24, 2.45) is 0 Å². The summed E-state index contributed by atoms with van der Waals surface area (Å²) in [6, 6.07) is 13.4. The number of amides is 1. The fourth-order valence-electron chi connectivity index (χ4n) is 3.13. The van der Waals surface area contributed by atoms with E-state index in [4.69, 9.17) is 9.84 Å². The Bertz CT molecular complexity index is 958. The Morgan fingerprint density at radius 2 is 1.77 bits per heavy atom. The third-order valence-corrected chi connectivity index (χ3v) is 6.45. The molecule has 10 heteroatoms. The maximum atomic E-state index is 12.6.